The summed E-state index contributed by atoms with van der Waals surface area (Å²) in [5, 5.41) is 4.95. The molecule has 4 aromatic rings. The van der Waals surface area contributed by atoms with E-state index in [0.717, 1.165) is 28.3 Å². The maximum absolute atomic E-state index is 12.3. The van der Waals surface area contributed by atoms with Crippen LogP contribution >= 0.6 is 11.3 Å². The summed E-state index contributed by atoms with van der Waals surface area (Å²) in [5.74, 6) is 0.981. The molecular weight excluding hydrogens is 390 g/mol. The van der Waals surface area contributed by atoms with Gasteiger partial charge in [-0.25, -0.2) is 4.98 Å². The van der Waals surface area contributed by atoms with Crippen LogP contribution in [0.25, 0.3) is 11.0 Å². The van der Waals surface area contributed by atoms with Gasteiger partial charge in [0.2, 0.25) is 0 Å². The van der Waals surface area contributed by atoms with Crippen LogP contribution in [0, 0.1) is 27.7 Å². The molecule has 0 unspecified atom stereocenters. The fraction of sp³-hybridized carbons (Fsp3) is 0.280. The van der Waals surface area contributed by atoms with Crippen LogP contribution in [-0.4, -0.2) is 22.0 Å². The average molecular weight is 418 g/mol. The smallest absolute Gasteiger partial charge is 0.261 e. The standard InChI is InChI=1S/C25H27N3OS/c1-16-14-17(2)19(4)20(18(16)3)15-28-22-9-6-5-8-21(22)27-24(28)11-12-26-25(29)23-10-7-13-30-23/h5-10,13-14H,11-12,15H2,1-4H3,(H,26,29). The van der Waals surface area contributed by atoms with Crippen LogP contribution in [0.4, 0.5) is 0 Å². The lowest BCUT2D eigenvalue weighted by Gasteiger charge is -2.18. The van der Waals surface area contributed by atoms with Crippen LogP contribution in [0.1, 0.15) is 43.3 Å². The number of para-hydroxylation sites is 2. The quantitative estimate of drug-likeness (QED) is 0.459. The Hall–Kier alpha value is -2.92. The van der Waals surface area contributed by atoms with E-state index in [1.807, 2.05) is 23.6 Å². The lowest BCUT2D eigenvalue weighted by Crippen LogP contribution is -2.25. The molecule has 4 rings (SSSR count). The molecule has 0 bridgehead atoms. The predicted molar refractivity (Wildman–Crippen MR) is 125 cm³/mol. The molecule has 0 atom stereocenters. The summed E-state index contributed by atoms with van der Waals surface area (Å²) in [6.07, 6.45) is 0.689. The molecule has 30 heavy (non-hydrogen) atoms. The third kappa shape index (κ3) is 3.90. The fourth-order valence-corrected chi connectivity index (χ4v) is 4.61. The third-order valence-corrected chi connectivity index (χ3v) is 6.82. The normalized spacial score (nSPS) is 11.2. The van der Waals surface area contributed by atoms with E-state index in [0.29, 0.717) is 13.0 Å². The molecule has 0 aliphatic rings. The molecule has 0 aliphatic heterocycles. The highest BCUT2D eigenvalue weighted by Gasteiger charge is 2.15. The highest BCUT2D eigenvalue weighted by atomic mass is 32.1. The largest absolute Gasteiger partial charge is 0.351 e. The minimum Gasteiger partial charge on any atom is -0.351 e. The van der Waals surface area contributed by atoms with Crippen LogP contribution in [0.3, 0.4) is 0 Å². The number of carbonyl (C=O) groups excluding carboxylic acids is 1. The number of imidazole rings is 1. The van der Waals surface area contributed by atoms with Gasteiger partial charge in [-0.1, -0.05) is 24.3 Å². The van der Waals surface area contributed by atoms with E-state index in [1.54, 1.807) is 0 Å². The third-order valence-electron chi connectivity index (χ3n) is 5.95. The Morgan fingerprint density at radius 2 is 1.77 bits per heavy atom. The number of nitrogens with zero attached hydrogens (tertiary/aromatic N) is 2. The molecule has 5 heteroatoms. The van der Waals surface area contributed by atoms with E-state index in [4.69, 9.17) is 4.98 Å². The topological polar surface area (TPSA) is 46.9 Å². The summed E-state index contributed by atoms with van der Waals surface area (Å²) < 4.78 is 2.31. The molecule has 0 radical (unpaired) electrons. The fourth-order valence-electron chi connectivity index (χ4n) is 3.97. The van der Waals surface area contributed by atoms with Crippen molar-refractivity contribution in [3.63, 3.8) is 0 Å². The maximum Gasteiger partial charge on any atom is 0.261 e. The zero-order valence-corrected chi connectivity index (χ0v) is 18.8. The number of nitrogens with one attached hydrogen (secondary N) is 1. The van der Waals surface area contributed by atoms with Gasteiger partial charge < -0.3 is 9.88 Å². The molecule has 0 spiro atoms. The number of benzene rings is 2. The van der Waals surface area contributed by atoms with E-state index in [2.05, 4.69) is 61.8 Å². The van der Waals surface area contributed by atoms with Gasteiger partial charge >= 0.3 is 0 Å². The van der Waals surface area contributed by atoms with E-state index in [-0.39, 0.29) is 5.91 Å². The summed E-state index contributed by atoms with van der Waals surface area (Å²) in [6.45, 7) is 10.1. The van der Waals surface area contributed by atoms with Gasteiger partial charge in [0.1, 0.15) is 5.82 Å². The number of carbonyl (C=O) groups is 1. The van der Waals surface area contributed by atoms with Crippen molar-refractivity contribution >= 4 is 28.3 Å². The Balaban J connectivity index is 1.64. The second kappa shape index (κ2) is 8.44. The number of aryl methyl sites for hydroxylation is 2. The zero-order chi connectivity index (χ0) is 21.3. The van der Waals surface area contributed by atoms with Crippen molar-refractivity contribution in [1.82, 2.24) is 14.9 Å². The number of hydrogen-bond donors (Lipinski definition) is 1. The molecule has 2 heterocycles. The summed E-state index contributed by atoms with van der Waals surface area (Å²) >= 11 is 1.46. The molecule has 154 valence electrons. The van der Waals surface area contributed by atoms with E-state index >= 15 is 0 Å². The minimum absolute atomic E-state index is 0.0198. The van der Waals surface area contributed by atoms with Gasteiger partial charge in [0, 0.05) is 19.5 Å². The zero-order valence-electron chi connectivity index (χ0n) is 18.0. The molecule has 2 aromatic heterocycles. The van der Waals surface area contributed by atoms with Gasteiger partial charge in [0.25, 0.3) is 5.91 Å². The predicted octanol–water partition coefficient (Wildman–Crippen LogP) is 5.35. The second-order valence-electron chi connectivity index (χ2n) is 7.83. The maximum atomic E-state index is 12.3. The van der Waals surface area contributed by atoms with Crippen molar-refractivity contribution in [2.75, 3.05) is 6.54 Å². The number of aromatic nitrogens is 2. The molecule has 0 fully saturated rings. The minimum atomic E-state index is -0.0198. The van der Waals surface area contributed by atoms with Crippen molar-refractivity contribution in [3.8, 4) is 0 Å². The monoisotopic (exact) mass is 417 g/mol. The van der Waals surface area contributed by atoms with E-state index in [1.165, 1.54) is 39.2 Å². The van der Waals surface area contributed by atoms with Crippen molar-refractivity contribution in [2.24, 2.45) is 0 Å². The van der Waals surface area contributed by atoms with Gasteiger partial charge in [-0.15, -0.1) is 11.3 Å². The first-order valence-corrected chi connectivity index (χ1v) is 11.2. The summed E-state index contributed by atoms with van der Waals surface area (Å²) in [7, 11) is 0. The second-order valence-corrected chi connectivity index (χ2v) is 8.77. The molecule has 2 aromatic carbocycles. The van der Waals surface area contributed by atoms with Crippen LogP contribution in [0.2, 0.25) is 0 Å². The number of rotatable bonds is 6. The Bertz CT molecular complexity index is 1180. The molecule has 0 aliphatic carbocycles. The first kappa shape index (κ1) is 20.4. The number of amides is 1. The van der Waals surface area contributed by atoms with Crippen LogP contribution in [0.15, 0.2) is 47.8 Å². The number of fused-ring (bicyclic) bond motifs is 1. The van der Waals surface area contributed by atoms with Crippen LogP contribution in [-0.2, 0) is 13.0 Å². The highest BCUT2D eigenvalue weighted by molar-refractivity contribution is 7.12. The van der Waals surface area contributed by atoms with Gasteiger partial charge in [-0.3, -0.25) is 4.79 Å². The van der Waals surface area contributed by atoms with Gasteiger partial charge in [-0.2, -0.15) is 0 Å². The van der Waals surface area contributed by atoms with Gasteiger partial charge in [0.15, 0.2) is 0 Å². The molecule has 0 saturated heterocycles. The van der Waals surface area contributed by atoms with Crippen molar-refractivity contribution in [1.29, 1.82) is 0 Å². The Kier molecular flexibility index (Phi) is 5.73. The molecular formula is C25H27N3OS. The Morgan fingerprint density at radius 1 is 1.03 bits per heavy atom. The number of hydrogen-bond acceptors (Lipinski definition) is 3. The van der Waals surface area contributed by atoms with Gasteiger partial charge in [-0.05, 0) is 79.1 Å². The Morgan fingerprint density at radius 3 is 2.47 bits per heavy atom. The van der Waals surface area contributed by atoms with Crippen LogP contribution < -0.4 is 5.32 Å². The lowest BCUT2D eigenvalue weighted by molar-refractivity contribution is 0.0958. The van der Waals surface area contributed by atoms with Crippen LogP contribution in [0.5, 0.6) is 0 Å². The first-order chi connectivity index (χ1) is 14.5. The summed E-state index contributed by atoms with van der Waals surface area (Å²) in [5.41, 5.74) is 8.82. The molecule has 1 amide bonds. The van der Waals surface area contributed by atoms with Crippen molar-refractivity contribution in [2.45, 2.75) is 40.7 Å². The molecule has 4 nitrogen and oxygen atoms in total. The van der Waals surface area contributed by atoms with Gasteiger partial charge in [0.05, 0.1) is 15.9 Å². The molecule has 1 N–H and O–H groups in total. The summed E-state index contributed by atoms with van der Waals surface area (Å²) in [4.78, 5) is 17.9. The SMILES string of the molecule is Cc1cc(C)c(C)c(Cn2c(CCNC(=O)c3cccs3)nc3ccccc32)c1C. The molecule has 0 saturated carbocycles. The number of thiophene rings is 1. The first-order valence-electron chi connectivity index (χ1n) is 10.3. The average Bonchev–Trinajstić information content (AvgIpc) is 3.38. The highest BCUT2D eigenvalue weighted by Crippen LogP contribution is 2.25. The van der Waals surface area contributed by atoms with Crippen molar-refractivity contribution < 1.29 is 4.79 Å². The van der Waals surface area contributed by atoms with E-state index in [9.17, 15) is 4.79 Å². The van der Waals surface area contributed by atoms with E-state index < -0.39 is 0 Å². The Labute approximate surface area is 181 Å². The lowest BCUT2D eigenvalue weighted by atomic mass is 9.94. The summed E-state index contributed by atoms with van der Waals surface area (Å²) in [6, 6.07) is 14.3. The van der Waals surface area contributed by atoms with Crippen molar-refractivity contribution in [3.05, 3.63) is 86.4 Å².